The Hall–Kier alpha value is -1.22. The van der Waals surface area contributed by atoms with Crippen molar-refractivity contribution >= 4 is 17.5 Å². The number of alkyl halides is 1. The molecule has 1 atom stereocenters. The Bertz CT molecular complexity index is 448. The van der Waals surface area contributed by atoms with Gasteiger partial charge in [-0.3, -0.25) is 4.79 Å². The number of fused-ring (bicyclic) bond motifs is 1. The molecule has 0 saturated heterocycles. The first-order chi connectivity index (χ1) is 9.15. The van der Waals surface area contributed by atoms with Crippen molar-refractivity contribution in [3.8, 4) is 5.75 Å². The Morgan fingerprint density at radius 2 is 2.21 bits per heavy atom. The quantitative estimate of drug-likeness (QED) is 0.777. The van der Waals surface area contributed by atoms with Gasteiger partial charge in [-0.15, -0.1) is 11.6 Å². The highest BCUT2D eigenvalue weighted by Crippen LogP contribution is 2.34. The fourth-order valence-corrected chi connectivity index (χ4v) is 2.54. The first kappa shape index (κ1) is 14.2. The summed E-state index contributed by atoms with van der Waals surface area (Å²) in [6.45, 7) is 5.22. The molecule has 4 heteroatoms. The maximum atomic E-state index is 12.7. The number of rotatable bonds is 5. The first-order valence-corrected chi connectivity index (χ1v) is 7.26. The monoisotopic (exact) mass is 281 g/mol. The summed E-state index contributed by atoms with van der Waals surface area (Å²) in [6.07, 6.45) is 0.820. The molecule has 0 N–H and O–H groups in total. The highest BCUT2D eigenvalue weighted by molar-refractivity contribution is 6.17. The first-order valence-electron chi connectivity index (χ1n) is 6.73. The van der Waals surface area contributed by atoms with Crippen LogP contribution in [0, 0.1) is 0 Å². The van der Waals surface area contributed by atoms with Crippen LogP contribution in [0.1, 0.15) is 31.7 Å². The van der Waals surface area contributed by atoms with Crippen LogP contribution in [0.5, 0.6) is 5.75 Å². The summed E-state index contributed by atoms with van der Waals surface area (Å²) in [4.78, 5) is 14.6. The molecule has 1 unspecified atom stereocenters. The molecule has 1 aliphatic heterocycles. The van der Waals surface area contributed by atoms with E-state index >= 15 is 0 Å². The molecule has 1 heterocycles. The predicted octanol–water partition coefficient (Wildman–Crippen LogP) is 3.03. The smallest absolute Gasteiger partial charge is 0.233 e. The van der Waals surface area contributed by atoms with Crippen molar-refractivity contribution in [2.75, 3.05) is 19.0 Å². The van der Waals surface area contributed by atoms with E-state index in [-0.39, 0.29) is 17.9 Å². The number of hydrogen-bond donors (Lipinski definition) is 0. The SMILES string of the molecule is CC(C)N(CCCCl)C(=O)C1COc2ccccc21. The Morgan fingerprint density at radius 1 is 1.47 bits per heavy atom. The molecule has 19 heavy (non-hydrogen) atoms. The van der Waals surface area contributed by atoms with E-state index in [1.807, 2.05) is 43.0 Å². The minimum atomic E-state index is -0.172. The number of para-hydroxylation sites is 1. The van der Waals surface area contributed by atoms with E-state index in [9.17, 15) is 4.79 Å². The molecule has 1 aliphatic rings. The molecule has 0 aliphatic carbocycles. The molecule has 2 rings (SSSR count). The molecule has 1 amide bonds. The average Bonchev–Trinajstić information content (AvgIpc) is 2.82. The van der Waals surface area contributed by atoms with Crippen molar-refractivity contribution in [1.82, 2.24) is 4.90 Å². The minimum absolute atomic E-state index is 0.144. The van der Waals surface area contributed by atoms with Crippen LogP contribution in [0.15, 0.2) is 24.3 Å². The number of amides is 1. The molecule has 1 aromatic rings. The van der Waals surface area contributed by atoms with Crippen molar-refractivity contribution in [2.24, 2.45) is 0 Å². The highest BCUT2D eigenvalue weighted by atomic mass is 35.5. The summed E-state index contributed by atoms with van der Waals surface area (Å²) in [5.74, 6) is 1.38. The molecule has 104 valence electrons. The Balaban J connectivity index is 2.15. The summed E-state index contributed by atoms with van der Waals surface area (Å²) in [5.41, 5.74) is 1.00. The number of nitrogens with zero attached hydrogens (tertiary/aromatic N) is 1. The number of ether oxygens (including phenoxy) is 1. The number of hydrogen-bond acceptors (Lipinski definition) is 2. The summed E-state index contributed by atoms with van der Waals surface area (Å²) < 4.78 is 5.59. The number of benzene rings is 1. The Kier molecular flexibility index (Phi) is 4.70. The van der Waals surface area contributed by atoms with Crippen LogP contribution >= 0.6 is 11.6 Å². The van der Waals surface area contributed by atoms with E-state index in [0.29, 0.717) is 19.0 Å². The Morgan fingerprint density at radius 3 is 2.89 bits per heavy atom. The molecular formula is C15H20ClNO2. The van der Waals surface area contributed by atoms with Gasteiger partial charge in [0.05, 0.1) is 0 Å². The zero-order valence-electron chi connectivity index (χ0n) is 11.4. The van der Waals surface area contributed by atoms with Crippen molar-refractivity contribution < 1.29 is 9.53 Å². The summed E-state index contributed by atoms with van der Waals surface area (Å²) in [5, 5.41) is 0. The van der Waals surface area contributed by atoms with Crippen LogP contribution in [0.3, 0.4) is 0 Å². The van der Waals surface area contributed by atoms with Gasteiger partial charge >= 0.3 is 0 Å². The zero-order valence-corrected chi connectivity index (χ0v) is 12.2. The predicted molar refractivity (Wildman–Crippen MR) is 76.9 cm³/mol. The van der Waals surface area contributed by atoms with Gasteiger partial charge in [0.1, 0.15) is 18.3 Å². The molecule has 0 spiro atoms. The van der Waals surface area contributed by atoms with Gasteiger partial charge < -0.3 is 9.64 Å². The van der Waals surface area contributed by atoms with Gasteiger partial charge in [-0.25, -0.2) is 0 Å². The van der Waals surface area contributed by atoms with Crippen LogP contribution in [0.4, 0.5) is 0 Å². The van der Waals surface area contributed by atoms with Crippen LogP contribution in [-0.4, -0.2) is 35.9 Å². The molecule has 1 aromatic carbocycles. The average molecular weight is 282 g/mol. The van der Waals surface area contributed by atoms with Gasteiger partial charge in [0.15, 0.2) is 0 Å². The van der Waals surface area contributed by atoms with E-state index < -0.39 is 0 Å². The highest BCUT2D eigenvalue weighted by Gasteiger charge is 2.33. The molecule has 0 aromatic heterocycles. The van der Waals surface area contributed by atoms with Gasteiger partial charge in [0.2, 0.25) is 5.91 Å². The minimum Gasteiger partial charge on any atom is -0.492 e. The lowest BCUT2D eigenvalue weighted by Crippen LogP contribution is -2.41. The standard InChI is InChI=1S/C15H20ClNO2/c1-11(2)17(9-5-8-16)15(18)13-10-19-14-7-4-3-6-12(13)14/h3-4,6-7,11,13H,5,8-10H2,1-2H3. The third-order valence-corrected chi connectivity index (χ3v) is 3.70. The molecular weight excluding hydrogens is 262 g/mol. The van der Waals surface area contributed by atoms with Gasteiger partial charge in [0.25, 0.3) is 0 Å². The lowest BCUT2D eigenvalue weighted by Gasteiger charge is -2.28. The van der Waals surface area contributed by atoms with Crippen molar-refractivity contribution in [1.29, 1.82) is 0 Å². The summed E-state index contributed by atoms with van der Waals surface area (Å²) >= 11 is 5.73. The van der Waals surface area contributed by atoms with Crippen LogP contribution in [-0.2, 0) is 4.79 Å². The molecule has 0 radical (unpaired) electrons. The normalized spacial score (nSPS) is 17.2. The van der Waals surface area contributed by atoms with Crippen LogP contribution < -0.4 is 4.74 Å². The van der Waals surface area contributed by atoms with Crippen molar-refractivity contribution in [2.45, 2.75) is 32.2 Å². The van der Waals surface area contributed by atoms with Gasteiger partial charge in [-0.05, 0) is 26.3 Å². The lowest BCUT2D eigenvalue weighted by atomic mass is 9.99. The topological polar surface area (TPSA) is 29.5 Å². The maximum absolute atomic E-state index is 12.7. The van der Waals surface area contributed by atoms with Crippen molar-refractivity contribution in [3.63, 3.8) is 0 Å². The third kappa shape index (κ3) is 3.03. The van der Waals surface area contributed by atoms with Crippen LogP contribution in [0.25, 0.3) is 0 Å². The van der Waals surface area contributed by atoms with Gasteiger partial charge in [0, 0.05) is 24.0 Å². The summed E-state index contributed by atoms with van der Waals surface area (Å²) in [7, 11) is 0. The largest absolute Gasteiger partial charge is 0.492 e. The fourth-order valence-electron chi connectivity index (χ4n) is 2.42. The van der Waals surface area contributed by atoms with Crippen LogP contribution in [0.2, 0.25) is 0 Å². The fraction of sp³-hybridized carbons (Fsp3) is 0.533. The van der Waals surface area contributed by atoms with E-state index in [1.54, 1.807) is 0 Å². The summed E-state index contributed by atoms with van der Waals surface area (Å²) in [6, 6.07) is 7.96. The second-order valence-corrected chi connectivity index (χ2v) is 5.45. The number of carbonyl (C=O) groups excluding carboxylic acids is 1. The van der Waals surface area contributed by atoms with E-state index in [4.69, 9.17) is 16.3 Å². The van der Waals surface area contributed by atoms with E-state index in [2.05, 4.69) is 0 Å². The van der Waals surface area contributed by atoms with E-state index in [1.165, 1.54) is 0 Å². The third-order valence-electron chi connectivity index (χ3n) is 3.44. The molecule has 0 fully saturated rings. The second-order valence-electron chi connectivity index (χ2n) is 5.07. The van der Waals surface area contributed by atoms with Gasteiger partial charge in [-0.2, -0.15) is 0 Å². The second kappa shape index (κ2) is 6.29. The Labute approximate surface area is 119 Å². The van der Waals surface area contributed by atoms with Gasteiger partial charge in [-0.1, -0.05) is 18.2 Å². The zero-order chi connectivity index (χ0) is 13.8. The van der Waals surface area contributed by atoms with E-state index in [0.717, 1.165) is 17.7 Å². The molecule has 0 bridgehead atoms. The molecule has 3 nitrogen and oxygen atoms in total. The lowest BCUT2D eigenvalue weighted by molar-refractivity contribution is -0.134. The maximum Gasteiger partial charge on any atom is 0.233 e. The van der Waals surface area contributed by atoms with Crippen molar-refractivity contribution in [3.05, 3.63) is 29.8 Å². The number of halogens is 1. The number of carbonyl (C=O) groups is 1. The molecule has 0 saturated carbocycles.